The number of sulfone groups is 1. The number of thiophene rings is 1. The number of anilines is 2. The first kappa shape index (κ1) is 16.0. The van der Waals surface area contributed by atoms with E-state index in [-0.39, 0.29) is 5.75 Å². The zero-order valence-electron chi connectivity index (χ0n) is 12.5. The first-order valence-corrected chi connectivity index (χ1v) is 9.72. The molecule has 2 aromatic heterocycles. The predicted octanol–water partition coefficient (Wildman–Crippen LogP) is 1.99. The van der Waals surface area contributed by atoms with Gasteiger partial charge in [-0.3, -0.25) is 0 Å². The van der Waals surface area contributed by atoms with Crippen molar-refractivity contribution in [1.82, 2.24) is 9.97 Å². The molecule has 2 heterocycles. The molecule has 0 saturated carbocycles. The van der Waals surface area contributed by atoms with Crippen LogP contribution in [0.5, 0.6) is 0 Å². The maximum absolute atomic E-state index is 11.3. The van der Waals surface area contributed by atoms with Crippen molar-refractivity contribution in [2.75, 3.05) is 42.4 Å². The molecular formula is C13H20N4O2S2. The summed E-state index contributed by atoms with van der Waals surface area (Å²) in [6.07, 6.45) is 2.24. The molecule has 0 aliphatic rings. The van der Waals surface area contributed by atoms with E-state index in [1.54, 1.807) is 11.3 Å². The zero-order chi connectivity index (χ0) is 15.5. The zero-order valence-corrected chi connectivity index (χ0v) is 14.1. The molecule has 0 fully saturated rings. The van der Waals surface area contributed by atoms with Gasteiger partial charge in [-0.1, -0.05) is 6.92 Å². The second-order valence-corrected chi connectivity index (χ2v) is 8.14. The largest absolute Gasteiger partial charge is 0.358 e. The maximum Gasteiger partial charge on any atom is 0.226 e. The summed E-state index contributed by atoms with van der Waals surface area (Å²) >= 11 is 1.55. The van der Waals surface area contributed by atoms with Gasteiger partial charge in [-0.15, -0.1) is 11.3 Å². The fourth-order valence-corrected chi connectivity index (χ4v) is 3.22. The monoisotopic (exact) mass is 328 g/mol. The highest BCUT2D eigenvalue weighted by atomic mass is 32.2. The van der Waals surface area contributed by atoms with Gasteiger partial charge in [0, 0.05) is 26.4 Å². The van der Waals surface area contributed by atoms with Crippen molar-refractivity contribution in [3.05, 3.63) is 11.4 Å². The quantitative estimate of drug-likeness (QED) is 0.838. The van der Waals surface area contributed by atoms with E-state index < -0.39 is 9.84 Å². The van der Waals surface area contributed by atoms with Crippen molar-refractivity contribution in [2.45, 2.75) is 13.3 Å². The molecule has 8 heteroatoms. The molecule has 0 radical (unpaired) electrons. The molecule has 1 N–H and O–H groups in total. The van der Waals surface area contributed by atoms with Gasteiger partial charge in [0.1, 0.15) is 20.5 Å². The summed E-state index contributed by atoms with van der Waals surface area (Å²) in [7, 11) is -1.13. The lowest BCUT2D eigenvalue weighted by atomic mass is 10.3. The van der Waals surface area contributed by atoms with Gasteiger partial charge in [0.05, 0.1) is 11.1 Å². The lowest BCUT2D eigenvalue weighted by Crippen LogP contribution is -2.26. The highest BCUT2D eigenvalue weighted by Gasteiger charge is 2.14. The Labute approximate surface area is 129 Å². The van der Waals surface area contributed by atoms with Gasteiger partial charge in [0.15, 0.2) is 0 Å². The molecule has 6 nitrogen and oxygen atoms in total. The molecule has 2 aromatic rings. The van der Waals surface area contributed by atoms with Crippen LogP contribution in [0.3, 0.4) is 0 Å². The fraction of sp³-hybridized carbons (Fsp3) is 0.538. The van der Waals surface area contributed by atoms with Crippen LogP contribution in [0.1, 0.15) is 13.3 Å². The first-order chi connectivity index (χ1) is 9.90. The molecule has 0 aliphatic carbocycles. The van der Waals surface area contributed by atoms with Crippen molar-refractivity contribution in [3.8, 4) is 0 Å². The molecule has 21 heavy (non-hydrogen) atoms. The van der Waals surface area contributed by atoms with Crippen molar-refractivity contribution in [2.24, 2.45) is 0 Å². The topological polar surface area (TPSA) is 75.2 Å². The number of hydrogen-bond acceptors (Lipinski definition) is 7. The molecule has 0 unspecified atom stereocenters. The summed E-state index contributed by atoms with van der Waals surface area (Å²) in [5.41, 5.74) is 0. The SMILES string of the molecule is CCCNc1nc(N(C)CCS(C)(=O)=O)c2ccsc2n1. The number of nitrogens with zero attached hydrogens (tertiary/aromatic N) is 3. The minimum atomic E-state index is -2.99. The maximum atomic E-state index is 11.3. The Balaban J connectivity index is 2.29. The van der Waals surface area contributed by atoms with Crippen molar-refractivity contribution in [1.29, 1.82) is 0 Å². The van der Waals surface area contributed by atoms with Crippen molar-refractivity contribution >= 4 is 43.2 Å². The van der Waals surface area contributed by atoms with E-state index in [0.29, 0.717) is 12.5 Å². The Kier molecular flexibility index (Phi) is 5.00. The fourth-order valence-electron chi connectivity index (χ4n) is 1.86. The van der Waals surface area contributed by atoms with E-state index in [1.807, 2.05) is 23.4 Å². The summed E-state index contributed by atoms with van der Waals surface area (Å²) in [5.74, 6) is 1.47. The molecule has 0 bridgehead atoms. The summed E-state index contributed by atoms with van der Waals surface area (Å²) < 4.78 is 22.6. The molecule has 0 aliphatic heterocycles. The standard InChI is InChI=1S/C13H20N4O2S2/c1-4-6-14-13-15-11(10-5-8-20-12(10)16-13)17(2)7-9-21(3,18)19/h5,8H,4,6-7,9H2,1-3H3,(H,14,15,16). The third-order valence-electron chi connectivity index (χ3n) is 3.00. The minimum Gasteiger partial charge on any atom is -0.358 e. The van der Waals surface area contributed by atoms with E-state index in [0.717, 1.165) is 29.0 Å². The van der Waals surface area contributed by atoms with Crippen molar-refractivity contribution in [3.63, 3.8) is 0 Å². The van der Waals surface area contributed by atoms with Crippen LogP contribution in [-0.4, -0.2) is 50.5 Å². The van der Waals surface area contributed by atoms with Crippen LogP contribution in [0, 0.1) is 0 Å². The van der Waals surface area contributed by atoms with Crippen LogP contribution in [0.4, 0.5) is 11.8 Å². The van der Waals surface area contributed by atoms with Crippen LogP contribution in [0.2, 0.25) is 0 Å². The van der Waals surface area contributed by atoms with E-state index >= 15 is 0 Å². The Hall–Kier alpha value is -1.41. The molecular weight excluding hydrogens is 308 g/mol. The summed E-state index contributed by atoms with van der Waals surface area (Å²) in [4.78, 5) is 11.8. The first-order valence-electron chi connectivity index (χ1n) is 6.78. The van der Waals surface area contributed by atoms with E-state index in [2.05, 4.69) is 22.2 Å². The average Bonchev–Trinajstić information content (AvgIpc) is 2.89. The highest BCUT2D eigenvalue weighted by Crippen LogP contribution is 2.28. The van der Waals surface area contributed by atoms with E-state index in [4.69, 9.17) is 0 Å². The van der Waals surface area contributed by atoms with E-state index in [1.165, 1.54) is 6.26 Å². The third-order valence-corrected chi connectivity index (χ3v) is 4.73. The number of nitrogens with one attached hydrogen (secondary N) is 1. The second kappa shape index (κ2) is 6.57. The Morgan fingerprint density at radius 2 is 2.14 bits per heavy atom. The normalized spacial score (nSPS) is 11.8. The minimum absolute atomic E-state index is 0.108. The molecule has 2 rings (SSSR count). The van der Waals surface area contributed by atoms with Crippen LogP contribution in [-0.2, 0) is 9.84 Å². The molecule has 116 valence electrons. The third kappa shape index (κ3) is 4.28. The predicted molar refractivity (Wildman–Crippen MR) is 89.2 cm³/mol. The van der Waals surface area contributed by atoms with Gasteiger partial charge in [0.2, 0.25) is 5.95 Å². The number of aromatic nitrogens is 2. The number of fused-ring (bicyclic) bond motifs is 1. The molecule has 0 aromatic carbocycles. The summed E-state index contributed by atoms with van der Waals surface area (Å²) in [6.45, 7) is 3.30. The number of hydrogen-bond donors (Lipinski definition) is 1. The van der Waals surface area contributed by atoms with Gasteiger partial charge < -0.3 is 10.2 Å². The molecule has 0 spiro atoms. The lowest BCUT2D eigenvalue weighted by Gasteiger charge is -2.19. The summed E-state index contributed by atoms with van der Waals surface area (Å²) in [6, 6.07) is 1.97. The van der Waals surface area contributed by atoms with Gasteiger partial charge in [0.25, 0.3) is 0 Å². The van der Waals surface area contributed by atoms with Crippen LogP contribution in [0.15, 0.2) is 11.4 Å². The van der Waals surface area contributed by atoms with Gasteiger partial charge in [-0.25, -0.2) is 13.4 Å². The number of rotatable bonds is 7. The smallest absolute Gasteiger partial charge is 0.226 e. The Morgan fingerprint density at radius 1 is 1.38 bits per heavy atom. The van der Waals surface area contributed by atoms with E-state index in [9.17, 15) is 8.42 Å². The van der Waals surface area contributed by atoms with Crippen LogP contribution < -0.4 is 10.2 Å². The molecule has 0 amide bonds. The Bertz CT molecular complexity index is 712. The molecule has 0 atom stereocenters. The van der Waals surface area contributed by atoms with Crippen LogP contribution >= 0.6 is 11.3 Å². The van der Waals surface area contributed by atoms with Gasteiger partial charge in [-0.05, 0) is 17.9 Å². The second-order valence-electron chi connectivity index (χ2n) is 4.99. The average molecular weight is 328 g/mol. The van der Waals surface area contributed by atoms with Crippen LogP contribution in [0.25, 0.3) is 10.2 Å². The van der Waals surface area contributed by atoms with Gasteiger partial charge >= 0.3 is 0 Å². The highest BCUT2D eigenvalue weighted by molar-refractivity contribution is 7.90. The summed E-state index contributed by atoms with van der Waals surface area (Å²) in [5, 5.41) is 6.11. The van der Waals surface area contributed by atoms with Crippen molar-refractivity contribution < 1.29 is 8.42 Å². The Morgan fingerprint density at radius 3 is 2.81 bits per heavy atom. The van der Waals surface area contributed by atoms with Gasteiger partial charge in [-0.2, -0.15) is 4.98 Å². The molecule has 0 saturated heterocycles. The lowest BCUT2D eigenvalue weighted by molar-refractivity contribution is 0.601.